The lowest BCUT2D eigenvalue weighted by molar-refractivity contribution is -0.116. The predicted octanol–water partition coefficient (Wildman–Crippen LogP) is 3.02. The lowest BCUT2D eigenvalue weighted by atomic mass is 10.0. The molecule has 0 spiro atoms. The van der Waals surface area contributed by atoms with Crippen LogP contribution in [-0.2, 0) is 17.8 Å². The molecular weight excluding hydrogens is 378 g/mol. The number of aryl methyl sites for hydroxylation is 2. The minimum absolute atomic E-state index is 0.0736. The van der Waals surface area contributed by atoms with E-state index in [4.69, 9.17) is 0 Å². The third kappa shape index (κ3) is 2.57. The quantitative estimate of drug-likeness (QED) is 0.493. The number of pyridine rings is 1. The molecule has 30 heavy (non-hydrogen) atoms. The van der Waals surface area contributed by atoms with E-state index in [1.165, 1.54) is 0 Å². The van der Waals surface area contributed by atoms with Gasteiger partial charge in [0.25, 0.3) is 0 Å². The number of rotatable bonds is 0. The summed E-state index contributed by atoms with van der Waals surface area (Å²) in [5.74, 6) is 0.437. The summed E-state index contributed by atoms with van der Waals surface area (Å²) in [6.45, 7) is 2.71. The fourth-order valence-corrected chi connectivity index (χ4v) is 4.30. The highest BCUT2D eigenvalue weighted by atomic mass is 16.1. The average Bonchev–Trinajstić information content (AvgIpc) is 3.41. The minimum atomic E-state index is -0.0736. The third-order valence-corrected chi connectivity index (χ3v) is 5.72. The second-order valence-electron chi connectivity index (χ2n) is 7.69. The van der Waals surface area contributed by atoms with Gasteiger partial charge in [-0.3, -0.25) is 13.9 Å². The molecule has 0 radical (unpaired) electrons. The van der Waals surface area contributed by atoms with Crippen LogP contribution in [0, 0.1) is 6.92 Å². The molecule has 0 fully saturated rings. The molecule has 1 amide bonds. The number of aromatic nitrogens is 6. The first kappa shape index (κ1) is 17.1. The number of carbonyl (C=O) groups excluding carboxylic acids is 1. The molecule has 1 aliphatic heterocycles. The average molecular weight is 397 g/mol. The number of hydrogen-bond acceptors (Lipinski definition) is 5. The summed E-state index contributed by atoms with van der Waals surface area (Å²) >= 11 is 0. The van der Waals surface area contributed by atoms with E-state index in [0.717, 1.165) is 45.8 Å². The molecule has 0 saturated heterocycles. The SMILES string of the molecule is Cc1nn2cc1C1=CCc3nnc(cc31)-c1c(nc3ccccn13)NC(=O)CCC2. The zero-order valence-electron chi connectivity index (χ0n) is 16.5. The Morgan fingerprint density at radius 2 is 2.10 bits per heavy atom. The Balaban J connectivity index is 1.61. The lowest BCUT2D eigenvalue weighted by Crippen LogP contribution is -2.14. The van der Waals surface area contributed by atoms with E-state index in [9.17, 15) is 4.79 Å². The maximum Gasteiger partial charge on any atom is 0.225 e. The molecule has 8 heteroatoms. The summed E-state index contributed by atoms with van der Waals surface area (Å²) in [7, 11) is 0. The summed E-state index contributed by atoms with van der Waals surface area (Å²) < 4.78 is 3.87. The van der Waals surface area contributed by atoms with Gasteiger partial charge >= 0.3 is 0 Å². The second kappa shape index (κ2) is 6.35. The van der Waals surface area contributed by atoms with E-state index < -0.39 is 0 Å². The number of anilines is 1. The Morgan fingerprint density at radius 1 is 1.17 bits per heavy atom. The standard InChI is InChI=1S/C22H19N7O/c1-13-16-12-28(27-13)9-4-6-20(30)24-22-21(29-10-3-2-5-19(29)23-22)18-11-15-14(16)7-8-17(15)25-26-18/h2-3,5,7,10-12H,4,6,8-9H2,1H3,(H,24,30). The van der Waals surface area contributed by atoms with Crippen molar-refractivity contribution in [3.63, 3.8) is 0 Å². The van der Waals surface area contributed by atoms with Crippen LogP contribution in [0.4, 0.5) is 5.82 Å². The molecule has 6 rings (SSSR count). The van der Waals surface area contributed by atoms with Crippen LogP contribution >= 0.6 is 0 Å². The smallest absolute Gasteiger partial charge is 0.225 e. The molecule has 4 aromatic rings. The summed E-state index contributed by atoms with van der Waals surface area (Å²) in [6.07, 6.45) is 8.03. The van der Waals surface area contributed by atoms with Crippen LogP contribution in [-0.4, -0.2) is 35.3 Å². The molecule has 0 saturated carbocycles. The van der Waals surface area contributed by atoms with Crippen molar-refractivity contribution in [1.82, 2.24) is 29.4 Å². The van der Waals surface area contributed by atoms with Crippen LogP contribution < -0.4 is 5.32 Å². The molecule has 8 nitrogen and oxygen atoms in total. The molecule has 4 aromatic heterocycles. The number of carbonyl (C=O) groups is 1. The lowest BCUT2D eigenvalue weighted by Gasteiger charge is -2.10. The van der Waals surface area contributed by atoms with Crippen LogP contribution in [0.25, 0.3) is 22.6 Å². The monoisotopic (exact) mass is 397 g/mol. The first-order valence-corrected chi connectivity index (χ1v) is 10.1. The molecule has 1 aliphatic carbocycles. The Morgan fingerprint density at radius 3 is 3.03 bits per heavy atom. The van der Waals surface area contributed by atoms with E-state index in [1.54, 1.807) is 0 Å². The van der Waals surface area contributed by atoms with Gasteiger partial charge in [-0.1, -0.05) is 12.1 Å². The Kier molecular flexibility index (Phi) is 3.61. The van der Waals surface area contributed by atoms with Crippen molar-refractivity contribution in [2.75, 3.05) is 5.32 Å². The number of fused-ring (bicyclic) bond motifs is 8. The molecule has 2 aliphatic rings. The Labute approximate surface area is 172 Å². The molecule has 148 valence electrons. The van der Waals surface area contributed by atoms with Crippen molar-refractivity contribution < 1.29 is 4.79 Å². The highest BCUT2D eigenvalue weighted by Gasteiger charge is 2.25. The molecular formula is C22H19N7O. The summed E-state index contributed by atoms with van der Waals surface area (Å²) in [6, 6.07) is 7.83. The number of amides is 1. The van der Waals surface area contributed by atoms with Gasteiger partial charge in [-0.2, -0.15) is 10.2 Å². The van der Waals surface area contributed by atoms with E-state index in [-0.39, 0.29) is 5.91 Å². The van der Waals surface area contributed by atoms with Crippen LogP contribution in [0.3, 0.4) is 0 Å². The van der Waals surface area contributed by atoms with Crippen LogP contribution in [0.1, 0.15) is 35.4 Å². The molecule has 0 atom stereocenters. The normalized spacial score (nSPS) is 15.5. The van der Waals surface area contributed by atoms with Crippen molar-refractivity contribution >= 4 is 22.9 Å². The van der Waals surface area contributed by atoms with Crippen molar-refractivity contribution in [2.24, 2.45) is 0 Å². The van der Waals surface area contributed by atoms with Gasteiger partial charge in [0.1, 0.15) is 17.0 Å². The van der Waals surface area contributed by atoms with Gasteiger partial charge in [0.05, 0.1) is 11.4 Å². The highest BCUT2D eigenvalue weighted by Crippen LogP contribution is 2.36. The zero-order chi connectivity index (χ0) is 20.2. The van der Waals surface area contributed by atoms with Gasteiger partial charge in [0.2, 0.25) is 5.91 Å². The van der Waals surface area contributed by atoms with Crippen molar-refractivity contribution in [3.05, 3.63) is 65.2 Å². The van der Waals surface area contributed by atoms with E-state index in [1.807, 2.05) is 40.4 Å². The largest absolute Gasteiger partial charge is 0.309 e. The first-order chi connectivity index (χ1) is 14.7. The number of hydrogen-bond donors (Lipinski definition) is 1. The summed E-state index contributed by atoms with van der Waals surface area (Å²) in [5.41, 5.74) is 7.40. The molecule has 0 unspecified atom stereocenters. The molecule has 4 bridgehead atoms. The number of nitrogens with zero attached hydrogens (tertiary/aromatic N) is 6. The van der Waals surface area contributed by atoms with Crippen LogP contribution in [0.2, 0.25) is 0 Å². The number of imidazole rings is 1. The topological polar surface area (TPSA) is 90.0 Å². The van der Waals surface area contributed by atoms with Crippen molar-refractivity contribution in [3.8, 4) is 11.4 Å². The van der Waals surface area contributed by atoms with Gasteiger partial charge in [0, 0.05) is 42.9 Å². The highest BCUT2D eigenvalue weighted by molar-refractivity contribution is 5.94. The summed E-state index contributed by atoms with van der Waals surface area (Å²) in [5, 5.41) is 16.6. The third-order valence-electron chi connectivity index (χ3n) is 5.72. The van der Waals surface area contributed by atoms with Gasteiger partial charge in [0.15, 0.2) is 5.82 Å². The second-order valence-corrected chi connectivity index (χ2v) is 7.69. The Hall–Kier alpha value is -3.81. The number of allylic oxidation sites excluding steroid dienone is 1. The van der Waals surface area contributed by atoms with Gasteiger partial charge in [-0.05, 0) is 37.1 Å². The minimum Gasteiger partial charge on any atom is -0.309 e. The molecule has 1 N–H and O–H groups in total. The van der Waals surface area contributed by atoms with Gasteiger partial charge in [-0.15, -0.1) is 5.10 Å². The molecule has 5 heterocycles. The fourth-order valence-electron chi connectivity index (χ4n) is 4.30. The van der Waals surface area contributed by atoms with E-state index in [2.05, 4.69) is 43.9 Å². The summed E-state index contributed by atoms with van der Waals surface area (Å²) in [4.78, 5) is 17.3. The van der Waals surface area contributed by atoms with E-state index >= 15 is 0 Å². The predicted molar refractivity (Wildman–Crippen MR) is 112 cm³/mol. The fraction of sp³-hybridized carbons (Fsp3) is 0.227. The van der Waals surface area contributed by atoms with Crippen molar-refractivity contribution in [1.29, 1.82) is 0 Å². The maximum atomic E-state index is 12.6. The van der Waals surface area contributed by atoms with Gasteiger partial charge < -0.3 is 5.32 Å². The zero-order valence-corrected chi connectivity index (χ0v) is 16.5. The number of nitrogens with one attached hydrogen (secondary N) is 1. The van der Waals surface area contributed by atoms with Crippen molar-refractivity contribution in [2.45, 2.75) is 32.7 Å². The van der Waals surface area contributed by atoms with Crippen LogP contribution in [0.5, 0.6) is 0 Å². The molecule has 0 aromatic carbocycles. The first-order valence-electron chi connectivity index (χ1n) is 10.1. The maximum absolute atomic E-state index is 12.6. The Bertz CT molecular complexity index is 1360. The van der Waals surface area contributed by atoms with Crippen LogP contribution in [0.15, 0.2) is 42.7 Å². The van der Waals surface area contributed by atoms with Gasteiger partial charge in [-0.25, -0.2) is 4.98 Å². The van der Waals surface area contributed by atoms with E-state index in [0.29, 0.717) is 30.9 Å².